The summed E-state index contributed by atoms with van der Waals surface area (Å²) >= 11 is 6.31. The fourth-order valence-electron chi connectivity index (χ4n) is 3.50. The van der Waals surface area contributed by atoms with Crippen LogP contribution in [0.2, 0.25) is 5.02 Å². The van der Waals surface area contributed by atoms with Crippen LogP contribution < -0.4 is 15.8 Å². The van der Waals surface area contributed by atoms with Crippen molar-refractivity contribution in [1.29, 1.82) is 0 Å². The molecular weight excluding hydrogens is 467 g/mol. The largest absolute Gasteiger partial charge is 0.573 e. The number of amides is 1. The van der Waals surface area contributed by atoms with Gasteiger partial charge >= 0.3 is 12.5 Å². The summed E-state index contributed by atoms with van der Waals surface area (Å²) in [5.41, 5.74) is 4.94. The minimum Gasteiger partial charge on any atom is -0.444 e. The molecule has 0 bridgehead atoms. The van der Waals surface area contributed by atoms with Crippen molar-refractivity contribution in [1.82, 2.24) is 10.2 Å². The number of nitrogens with zero attached hydrogens (tertiary/aromatic N) is 1. The van der Waals surface area contributed by atoms with Gasteiger partial charge in [0, 0.05) is 37.4 Å². The van der Waals surface area contributed by atoms with E-state index in [1.165, 1.54) is 7.11 Å². The summed E-state index contributed by atoms with van der Waals surface area (Å²) in [7, 11) is 1.27. The van der Waals surface area contributed by atoms with Gasteiger partial charge in [0.15, 0.2) is 5.78 Å². The minimum absolute atomic E-state index is 0.00150. The molecule has 0 aromatic heterocycles. The Morgan fingerprint density at radius 2 is 1.97 bits per heavy atom. The van der Waals surface area contributed by atoms with Gasteiger partial charge in [-0.2, -0.15) is 0 Å². The van der Waals surface area contributed by atoms with Crippen LogP contribution >= 0.6 is 11.6 Å². The highest BCUT2D eigenvalue weighted by atomic mass is 35.5. The molecule has 1 aromatic rings. The third-order valence-electron chi connectivity index (χ3n) is 4.77. The average Bonchev–Trinajstić information content (AvgIpc) is 2.65. The first kappa shape index (κ1) is 27.0. The maximum absolute atomic E-state index is 13.1. The number of hydrogen-bond acceptors (Lipinski definition) is 7. The Kier molecular flexibility index (Phi) is 8.83. The van der Waals surface area contributed by atoms with E-state index in [2.05, 4.69) is 10.1 Å². The zero-order chi connectivity index (χ0) is 25.0. The summed E-state index contributed by atoms with van der Waals surface area (Å²) in [6.45, 7) is 5.74. The number of nitrogen functional groups attached to an aromatic ring is 1. The highest BCUT2D eigenvalue weighted by Crippen LogP contribution is 2.39. The number of anilines is 1. The van der Waals surface area contributed by atoms with Crippen molar-refractivity contribution >= 4 is 29.2 Å². The molecular formula is C21H29ClF3N3O5. The van der Waals surface area contributed by atoms with E-state index in [1.54, 1.807) is 20.8 Å². The van der Waals surface area contributed by atoms with Crippen molar-refractivity contribution in [2.45, 2.75) is 58.2 Å². The molecule has 1 atom stereocenters. The number of carbonyl (C=O) groups is 2. The van der Waals surface area contributed by atoms with E-state index in [-0.39, 0.29) is 41.0 Å². The van der Waals surface area contributed by atoms with Gasteiger partial charge in [0.2, 0.25) is 0 Å². The predicted molar refractivity (Wildman–Crippen MR) is 116 cm³/mol. The Hall–Kier alpha value is -2.24. The Bertz CT molecular complexity index is 874. The van der Waals surface area contributed by atoms with Crippen molar-refractivity contribution in [3.8, 4) is 5.75 Å². The number of halogens is 4. The van der Waals surface area contributed by atoms with Gasteiger partial charge in [0.25, 0.3) is 0 Å². The maximum Gasteiger partial charge on any atom is 0.573 e. The van der Waals surface area contributed by atoms with Crippen LogP contribution in [0.25, 0.3) is 0 Å². The summed E-state index contributed by atoms with van der Waals surface area (Å²) in [6, 6.07) is 0.672. The number of ketones is 1. The lowest BCUT2D eigenvalue weighted by atomic mass is 10.0. The normalized spacial score (nSPS) is 17.5. The Balaban J connectivity index is 2.26. The number of alkyl halides is 3. The zero-order valence-electron chi connectivity index (χ0n) is 19.0. The molecule has 0 radical (unpaired) electrons. The van der Waals surface area contributed by atoms with Gasteiger partial charge in [-0.05, 0) is 46.2 Å². The average molecular weight is 496 g/mol. The first-order valence-corrected chi connectivity index (χ1v) is 10.7. The third kappa shape index (κ3) is 8.24. The van der Waals surface area contributed by atoms with Crippen LogP contribution in [0.3, 0.4) is 0 Å². The van der Waals surface area contributed by atoms with Crippen molar-refractivity contribution in [3.63, 3.8) is 0 Å². The molecule has 0 saturated carbocycles. The lowest BCUT2D eigenvalue weighted by Gasteiger charge is -2.34. The molecule has 0 unspecified atom stereocenters. The number of rotatable bonds is 7. The van der Waals surface area contributed by atoms with Crippen LogP contribution in [0, 0.1) is 0 Å². The predicted octanol–water partition coefficient (Wildman–Crippen LogP) is 4.14. The number of ether oxygens (including phenoxy) is 3. The summed E-state index contributed by atoms with van der Waals surface area (Å²) in [6.07, 6.45) is -4.20. The number of benzene rings is 1. The van der Waals surface area contributed by atoms with Crippen molar-refractivity contribution in [2.24, 2.45) is 0 Å². The smallest absolute Gasteiger partial charge is 0.444 e. The number of alkyl carbamates (subject to hydrolysis) is 1. The van der Waals surface area contributed by atoms with Crippen LogP contribution in [0.1, 0.15) is 49.5 Å². The van der Waals surface area contributed by atoms with Gasteiger partial charge in [-0.3, -0.25) is 9.69 Å². The van der Waals surface area contributed by atoms with E-state index in [9.17, 15) is 22.8 Å². The van der Waals surface area contributed by atoms with Gasteiger partial charge in [-0.25, -0.2) is 4.79 Å². The standard InChI is InChI=1S/C21H29ClF3N3O5/c1-20(2,3)33-19(30)27-12-6-5-7-28(9-12)10-14-16(32-21(23,24)25)8-13(15(29)11-31-4)18(26)17(14)22/h8,12H,5-7,9-11,26H2,1-4H3,(H,27,30)/t12-/m0/s1. The molecule has 0 spiro atoms. The van der Waals surface area contributed by atoms with E-state index in [4.69, 9.17) is 26.8 Å². The van der Waals surface area contributed by atoms with E-state index in [1.807, 2.05) is 4.90 Å². The molecule has 1 amide bonds. The molecule has 1 heterocycles. The molecule has 3 N–H and O–H groups in total. The van der Waals surface area contributed by atoms with E-state index >= 15 is 0 Å². The summed E-state index contributed by atoms with van der Waals surface area (Å²) < 4.78 is 53.4. The molecule has 186 valence electrons. The first-order valence-electron chi connectivity index (χ1n) is 10.3. The fraction of sp³-hybridized carbons (Fsp3) is 0.619. The Morgan fingerprint density at radius 3 is 2.55 bits per heavy atom. The number of nitrogens with two attached hydrogens (primary N) is 1. The van der Waals surface area contributed by atoms with Crippen molar-refractivity contribution in [2.75, 3.05) is 32.5 Å². The summed E-state index contributed by atoms with van der Waals surface area (Å²) in [5, 5.41) is 2.58. The summed E-state index contributed by atoms with van der Waals surface area (Å²) in [5.74, 6) is -1.24. The summed E-state index contributed by atoms with van der Waals surface area (Å²) in [4.78, 5) is 26.1. The number of hydrogen-bond donors (Lipinski definition) is 2. The van der Waals surface area contributed by atoms with E-state index < -0.39 is 29.6 Å². The first-order chi connectivity index (χ1) is 15.2. The maximum atomic E-state index is 13.1. The van der Waals surface area contributed by atoms with Crippen LogP contribution in [-0.2, 0) is 16.0 Å². The third-order valence-corrected chi connectivity index (χ3v) is 5.21. The van der Waals surface area contributed by atoms with Crippen LogP contribution in [0.15, 0.2) is 6.07 Å². The highest BCUT2D eigenvalue weighted by molar-refractivity contribution is 6.35. The molecule has 1 fully saturated rings. The number of carbonyl (C=O) groups excluding carboxylic acids is 2. The molecule has 8 nitrogen and oxygen atoms in total. The molecule has 1 aliphatic rings. The van der Waals surface area contributed by atoms with Gasteiger partial charge in [-0.1, -0.05) is 11.6 Å². The number of nitrogens with one attached hydrogen (secondary N) is 1. The fourth-order valence-corrected chi connectivity index (χ4v) is 3.76. The lowest BCUT2D eigenvalue weighted by molar-refractivity contribution is -0.275. The molecule has 33 heavy (non-hydrogen) atoms. The number of Topliss-reactive ketones (excluding diaryl/α,β-unsaturated/α-hetero) is 1. The van der Waals surface area contributed by atoms with Gasteiger partial charge in [-0.15, -0.1) is 13.2 Å². The zero-order valence-corrected chi connectivity index (χ0v) is 19.7. The molecule has 12 heteroatoms. The highest BCUT2D eigenvalue weighted by Gasteiger charge is 2.34. The number of methoxy groups -OCH3 is 1. The Morgan fingerprint density at radius 1 is 1.30 bits per heavy atom. The topological polar surface area (TPSA) is 103 Å². The lowest BCUT2D eigenvalue weighted by Crippen LogP contribution is -2.48. The molecule has 1 aliphatic heterocycles. The monoisotopic (exact) mass is 495 g/mol. The van der Waals surface area contributed by atoms with Crippen LogP contribution in [-0.4, -0.2) is 61.6 Å². The molecule has 2 rings (SSSR count). The van der Waals surface area contributed by atoms with E-state index in [0.29, 0.717) is 25.9 Å². The quantitative estimate of drug-likeness (QED) is 0.433. The number of likely N-dealkylation sites (tertiary alicyclic amines) is 1. The van der Waals surface area contributed by atoms with Gasteiger partial charge in [0.05, 0.1) is 10.7 Å². The minimum atomic E-state index is -5.00. The number of piperidine rings is 1. The SMILES string of the molecule is COCC(=O)c1cc(OC(F)(F)F)c(CN2CCC[C@H](NC(=O)OC(C)(C)C)C2)c(Cl)c1N. The molecule has 0 aliphatic carbocycles. The Labute approximate surface area is 195 Å². The van der Waals surface area contributed by atoms with Crippen molar-refractivity contribution < 1.29 is 37.0 Å². The van der Waals surface area contributed by atoms with E-state index in [0.717, 1.165) is 6.07 Å². The second-order valence-electron chi connectivity index (χ2n) is 8.75. The van der Waals surface area contributed by atoms with Crippen LogP contribution in [0.4, 0.5) is 23.7 Å². The second kappa shape index (κ2) is 10.8. The molecule has 1 aromatic carbocycles. The van der Waals surface area contributed by atoms with Gasteiger partial charge in [0.1, 0.15) is 18.0 Å². The van der Waals surface area contributed by atoms with Crippen LogP contribution in [0.5, 0.6) is 5.75 Å². The van der Waals surface area contributed by atoms with Gasteiger partial charge < -0.3 is 25.3 Å². The second-order valence-corrected chi connectivity index (χ2v) is 9.13. The van der Waals surface area contributed by atoms with Crippen molar-refractivity contribution in [3.05, 3.63) is 22.2 Å². The molecule has 1 saturated heterocycles.